The van der Waals surface area contributed by atoms with Gasteiger partial charge in [0.1, 0.15) is 5.82 Å². The van der Waals surface area contributed by atoms with Crippen LogP contribution in [-0.4, -0.2) is 39.5 Å². The predicted molar refractivity (Wildman–Crippen MR) is 81.4 cm³/mol. The van der Waals surface area contributed by atoms with Crippen molar-refractivity contribution >= 4 is 21.6 Å². The molecular formula is C14H21ClFNO3S. The quantitative estimate of drug-likeness (QED) is 0.685. The fourth-order valence-electron chi connectivity index (χ4n) is 1.93. The molecule has 0 bridgehead atoms. The molecule has 0 spiro atoms. The number of halogens is 2. The van der Waals surface area contributed by atoms with Crippen LogP contribution in [0, 0.1) is 11.7 Å². The van der Waals surface area contributed by atoms with Crippen molar-refractivity contribution in [3.05, 3.63) is 29.6 Å². The molecule has 0 radical (unpaired) electrons. The first-order valence-electron chi connectivity index (χ1n) is 6.66. The highest BCUT2D eigenvalue weighted by Gasteiger charge is 2.27. The Morgan fingerprint density at radius 3 is 2.57 bits per heavy atom. The summed E-state index contributed by atoms with van der Waals surface area (Å²) in [5.74, 6) is -0.447. The Kier molecular flexibility index (Phi) is 7.06. The zero-order valence-corrected chi connectivity index (χ0v) is 14.0. The van der Waals surface area contributed by atoms with Gasteiger partial charge in [0.25, 0.3) is 0 Å². The summed E-state index contributed by atoms with van der Waals surface area (Å²) in [7, 11) is -2.30. The number of methoxy groups -OCH3 is 1. The van der Waals surface area contributed by atoms with E-state index in [1.54, 1.807) is 0 Å². The first-order chi connectivity index (χ1) is 9.82. The van der Waals surface area contributed by atoms with Gasteiger partial charge < -0.3 is 4.74 Å². The minimum Gasteiger partial charge on any atom is -0.383 e. The van der Waals surface area contributed by atoms with Gasteiger partial charge in [0.2, 0.25) is 10.0 Å². The molecule has 0 aliphatic rings. The molecule has 0 aliphatic heterocycles. The van der Waals surface area contributed by atoms with Gasteiger partial charge >= 0.3 is 0 Å². The number of hydrogen-bond acceptors (Lipinski definition) is 3. The van der Waals surface area contributed by atoms with Crippen molar-refractivity contribution in [1.29, 1.82) is 0 Å². The standard InChI is InChI=1S/C14H21ClFNO3S/c1-11(2)10-17(6-7-20-3)21(18,19)14-8-13(16)5-4-12(14)9-15/h4-5,8,11H,6-7,9-10H2,1-3H3. The number of rotatable bonds is 8. The summed E-state index contributed by atoms with van der Waals surface area (Å²) >= 11 is 5.78. The van der Waals surface area contributed by atoms with Gasteiger partial charge in [0.05, 0.1) is 11.5 Å². The molecule has 0 atom stereocenters. The molecule has 0 amide bonds. The SMILES string of the molecule is COCCN(CC(C)C)S(=O)(=O)c1cc(F)ccc1CCl. The summed E-state index contributed by atoms with van der Waals surface area (Å²) in [6.45, 7) is 4.67. The van der Waals surface area contributed by atoms with Crippen LogP contribution in [0.15, 0.2) is 23.1 Å². The Morgan fingerprint density at radius 2 is 2.05 bits per heavy atom. The van der Waals surface area contributed by atoms with Crippen LogP contribution in [0.1, 0.15) is 19.4 Å². The van der Waals surface area contributed by atoms with Gasteiger partial charge in [-0.3, -0.25) is 0 Å². The average Bonchev–Trinajstić information content (AvgIpc) is 2.42. The van der Waals surface area contributed by atoms with E-state index >= 15 is 0 Å². The largest absolute Gasteiger partial charge is 0.383 e. The minimum atomic E-state index is -3.80. The minimum absolute atomic E-state index is 0.00857. The first-order valence-corrected chi connectivity index (χ1v) is 8.63. The average molecular weight is 338 g/mol. The highest BCUT2D eigenvalue weighted by Crippen LogP contribution is 2.23. The summed E-state index contributed by atoms with van der Waals surface area (Å²) in [6, 6.07) is 3.63. The lowest BCUT2D eigenvalue weighted by Crippen LogP contribution is -2.37. The fraction of sp³-hybridized carbons (Fsp3) is 0.571. The summed E-state index contributed by atoms with van der Waals surface area (Å²) < 4.78 is 45.2. The summed E-state index contributed by atoms with van der Waals surface area (Å²) in [5, 5.41) is 0. The molecule has 1 aromatic rings. The molecule has 0 fully saturated rings. The Morgan fingerprint density at radius 1 is 1.38 bits per heavy atom. The molecular weight excluding hydrogens is 317 g/mol. The maximum Gasteiger partial charge on any atom is 0.243 e. The number of alkyl halides is 1. The van der Waals surface area contributed by atoms with Crippen LogP contribution in [0.25, 0.3) is 0 Å². The van der Waals surface area contributed by atoms with Crippen LogP contribution >= 0.6 is 11.6 Å². The van der Waals surface area contributed by atoms with Crippen molar-refractivity contribution < 1.29 is 17.5 Å². The highest BCUT2D eigenvalue weighted by molar-refractivity contribution is 7.89. The number of sulfonamides is 1. The third kappa shape index (κ3) is 4.92. The molecule has 120 valence electrons. The summed E-state index contributed by atoms with van der Waals surface area (Å²) in [6.07, 6.45) is 0. The van der Waals surface area contributed by atoms with Gasteiger partial charge in [-0.1, -0.05) is 19.9 Å². The van der Waals surface area contributed by atoms with Crippen LogP contribution in [-0.2, 0) is 20.6 Å². The molecule has 0 aromatic heterocycles. The van der Waals surface area contributed by atoms with E-state index in [4.69, 9.17) is 16.3 Å². The number of hydrogen-bond donors (Lipinski definition) is 0. The van der Waals surface area contributed by atoms with Gasteiger partial charge in [0.15, 0.2) is 0 Å². The molecule has 7 heteroatoms. The van der Waals surface area contributed by atoms with E-state index in [0.29, 0.717) is 12.1 Å². The van der Waals surface area contributed by atoms with E-state index in [1.807, 2.05) is 13.8 Å². The lowest BCUT2D eigenvalue weighted by molar-refractivity contribution is 0.175. The highest BCUT2D eigenvalue weighted by atomic mass is 35.5. The molecule has 1 rings (SSSR count). The summed E-state index contributed by atoms with van der Waals surface area (Å²) in [4.78, 5) is -0.0748. The number of ether oxygens (including phenoxy) is 1. The van der Waals surface area contributed by atoms with Crippen molar-refractivity contribution in [2.75, 3.05) is 26.8 Å². The Labute approximate surface area is 130 Å². The zero-order chi connectivity index (χ0) is 16.0. The second-order valence-corrected chi connectivity index (χ2v) is 7.31. The van der Waals surface area contributed by atoms with Gasteiger partial charge in [-0.2, -0.15) is 4.31 Å². The molecule has 21 heavy (non-hydrogen) atoms. The lowest BCUT2D eigenvalue weighted by atomic mass is 10.2. The van der Waals surface area contributed by atoms with Crippen LogP contribution in [0.5, 0.6) is 0 Å². The van der Waals surface area contributed by atoms with Gasteiger partial charge in [-0.05, 0) is 23.6 Å². The van der Waals surface area contributed by atoms with E-state index in [1.165, 1.54) is 23.5 Å². The van der Waals surface area contributed by atoms with Crippen molar-refractivity contribution in [2.45, 2.75) is 24.6 Å². The molecule has 0 saturated carbocycles. The van der Waals surface area contributed by atoms with E-state index in [9.17, 15) is 12.8 Å². The van der Waals surface area contributed by atoms with Crippen LogP contribution < -0.4 is 0 Å². The zero-order valence-electron chi connectivity index (χ0n) is 12.5. The molecule has 0 unspecified atom stereocenters. The topological polar surface area (TPSA) is 46.6 Å². The monoisotopic (exact) mass is 337 g/mol. The van der Waals surface area contributed by atoms with Crippen molar-refractivity contribution in [2.24, 2.45) is 5.92 Å². The van der Waals surface area contributed by atoms with Crippen molar-refractivity contribution in [1.82, 2.24) is 4.31 Å². The van der Waals surface area contributed by atoms with Gasteiger partial charge in [-0.15, -0.1) is 11.6 Å². The predicted octanol–water partition coefficient (Wildman–Crippen LogP) is 2.86. The van der Waals surface area contributed by atoms with Gasteiger partial charge in [0, 0.05) is 26.1 Å². The second-order valence-electron chi connectivity index (χ2n) is 5.14. The third-order valence-corrected chi connectivity index (χ3v) is 5.14. The number of nitrogens with zero attached hydrogens (tertiary/aromatic N) is 1. The molecule has 0 aliphatic carbocycles. The Bertz CT molecular complexity index is 563. The molecule has 0 N–H and O–H groups in total. The first kappa shape index (κ1) is 18.4. The Balaban J connectivity index is 3.24. The van der Waals surface area contributed by atoms with E-state index in [-0.39, 0.29) is 29.8 Å². The smallest absolute Gasteiger partial charge is 0.243 e. The molecule has 1 aromatic carbocycles. The maximum absolute atomic E-state index is 13.4. The second kappa shape index (κ2) is 8.08. The Hall–Kier alpha value is -0.690. The van der Waals surface area contributed by atoms with E-state index in [0.717, 1.165) is 6.07 Å². The van der Waals surface area contributed by atoms with Crippen molar-refractivity contribution in [3.8, 4) is 0 Å². The third-order valence-electron chi connectivity index (χ3n) is 2.90. The van der Waals surface area contributed by atoms with Crippen LogP contribution in [0.3, 0.4) is 0 Å². The molecule has 0 saturated heterocycles. The maximum atomic E-state index is 13.4. The van der Waals surface area contributed by atoms with Crippen LogP contribution in [0.2, 0.25) is 0 Å². The van der Waals surface area contributed by atoms with Crippen LogP contribution in [0.4, 0.5) is 4.39 Å². The normalized spacial score (nSPS) is 12.3. The fourth-order valence-corrected chi connectivity index (χ4v) is 4.06. The van der Waals surface area contributed by atoms with Gasteiger partial charge in [-0.25, -0.2) is 12.8 Å². The van der Waals surface area contributed by atoms with E-state index < -0.39 is 15.8 Å². The number of benzene rings is 1. The van der Waals surface area contributed by atoms with Crippen molar-refractivity contribution in [3.63, 3.8) is 0 Å². The van der Waals surface area contributed by atoms with E-state index in [2.05, 4.69) is 0 Å². The summed E-state index contributed by atoms with van der Waals surface area (Å²) in [5.41, 5.74) is 0.393. The molecule has 4 nitrogen and oxygen atoms in total. The lowest BCUT2D eigenvalue weighted by Gasteiger charge is -2.24. The molecule has 0 heterocycles.